The van der Waals surface area contributed by atoms with Crippen molar-refractivity contribution in [1.29, 1.82) is 0 Å². The molecule has 0 saturated heterocycles. The summed E-state index contributed by atoms with van der Waals surface area (Å²) < 4.78 is 1.14. The summed E-state index contributed by atoms with van der Waals surface area (Å²) >= 11 is 3.52. The third-order valence-electron chi connectivity index (χ3n) is 3.31. The highest BCUT2D eigenvalue weighted by atomic mass is 79.9. The highest BCUT2D eigenvalue weighted by Crippen LogP contribution is 2.22. The Morgan fingerprint density at radius 1 is 1.16 bits per heavy atom. The van der Waals surface area contributed by atoms with Crippen LogP contribution in [-0.2, 0) is 6.54 Å². The van der Waals surface area contributed by atoms with Crippen LogP contribution in [0, 0.1) is 6.92 Å². The van der Waals surface area contributed by atoms with E-state index in [1.165, 1.54) is 22.0 Å². The molecule has 1 aromatic heterocycles. The van der Waals surface area contributed by atoms with Crippen molar-refractivity contribution in [2.75, 3.05) is 5.32 Å². The Morgan fingerprint density at radius 3 is 2.89 bits per heavy atom. The van der Waals surface area contributed by atoms with Gasteiger partial charge in [-0.05, 0) is 47.7 Å². The lowest BCUT2D eigenvalue weighted by Crippen LogP contribution is -2.00. The number of benzene rings is 2. The van der Waals surface area contributed by atoms with Crippen molar-refractivity contribution in [2.45, 2.75) is 13.5 Å². The Bertz CT molecular complexity index is 716. The van der Waals surface area contributed by atoms with Crippen molar-refractivity contribution in [1.82, 2.24) is 4.98 Å². The van der Waals surface area contributed by atoms with Gasteiger partial charge in [0.15, 0.2) is 0 Å². The second-order valence-corrected chi connectivity index (χ2v) is 5.53. The van der Waals surface area contributed by atoms with Crippen LogP contribution in [0.1, 0.15) is 11.1 Å². The molecular formula is C16H15BrN2. The van der Waals surface area contributed by atoms with E-state index in [1.807, 2.05) is 6.20 Å². The third-order valence-corrected chi connectivity index (χ3v) is 4.20. The molecule has 0 atom stereocenters. The minimum atomic E-state index is 0.818. The molecule has 2 nitrogen and oxygen atoms in total. The predicted octanol–water partition coefficient (Wildman–Crippen LogP) is 4.85. The van der Waals surface area contributed by atoms with Crippen LogP contribution in [0.4, 0.5) is 5.69 Å². The fourth-order valence-corrected chi connectivity index (χ4v) is 2.50. The van der Waals surface area contributed by atoms with Crippen LogP contribution in [0.3, 0.4) is 0 Å². The van der Waals surface area contributed by atoms with Crippen molar-refractivity contribution in [3.63, 3.8) is 0 Å². The molecule has 0 aliphatic rings. The number of aryl methyl sites for hydroxylation is 1. The average molecular weight is 315 g/mol. The fraction of sp³-hybridized carbons (Fsp3) is 0.125. The largest absolute Gasteiger partial charge is 0.381 e. The Morgan fingerprint density at radius 2 is 2.05 bits per heavy atom. The number of aromatic nitrogens is 1. The second-order valence-electron chi connectivity index (χ2n) is 4.68. The van der Waals surface area contributed by atoms with Crippen LogP contribution in [0.5, 0.6) is 0 Å². The van der Waals surface area contributed by atoms with Gasteiger partial charge in [-0.25, -0.2) is 0 Å². The number of H-pyrrole nitrogens is 1. The zero-order valence-electron chi connectivity index (χ0n) is 10.7. The van der Waals surface area contributed by atoms with E-state index in [2.05, 4.69) is 75.6 Å². The Kier molecular flexibility index (Phi) is 3.30. The number of anilines is 1. The van der Waals surface area contributed by atoms with Gasteiger partial charge in [0.25, 0.3) is 0 Å². The highest BCUT2D eigenvalue weighted by Gasteiger charge is 2.02. The molecule has 1 heterocycles. The van der Waals surface area contributed by atoms with Gasteiger partial charge in [0, 0.05) is 22.9 Å². The summed E-state index contributed by atoms with van der Waals surface area (Å²) in [5.41, 5.74) is 4.87. The molecule has 0 unspecified atom stereocenters. The first-order valence-corrected chi connectivity index (χ1v) is 7.08. The minimum Gasteiger partial charge on any atom is -0.381 e. The lowest BCUT2D eigenvalue weighted by atomic mass is 10.1. The number of para-hydroxylation sites is 1. The van der Waals surface area contributed by atoms with E-state index in [0.29, 0.717) is 0 Å². The fourth-order valence-electron chi connectivity index (χ4n) is 2.25. The number of hydrogen-bond acceptors (Lipinski definition) is 1. The highest BCUT2D eigenvalue weighted by molar-refractivity contribution is 9.10. The number of nitrogens with one attached hydrogen (secondary N) is 2. The van der Waals surface area contributed by atoms with Crippen molar-refractivity contribution in [2.24, 2.45) is 0 Å². The monoisotopic (exact) mass is 314 g/mol. The number of rotatable bonds is 3. The molecule has 0 radical (unpaired) electrons. The topological polar surface area (TPSA) is 27.8 Å². The van der Waals surface area contributed by atoms with E-state index >= 15 is 0 Å². The zero-order chi connectivity index (χ0) is 13.2. The molecule has 3 heteroatoms. The van der Waals surface area contributed by atoms with Crippen LogP contribution < -0.4 is 5.32 Å². The minimum absolute atomic E-state index is 0.818. The molecule has 19 heavy (non-hydrogen) atoms. The Balaban J connectivity index is 1.82. The van der Waals surface area contributed by atoms with E-state index in [0.717, 1.165) is 16.7 Å². The smallest absolute Gasteiger partial charge is 0.0504 e. The summed E-state index contributed by atoms with van der Waals surface area (Å²) in [7, 11) is 0. The molecule has 3 rings (SSSR count). The van der Waals surface area contributed by atoms with Crippen LogP contribution in [0.25, 0.3) is 10.9 Å². The van der Waals surface area contributed by atoms with Crippen molar-refractivity contribution in [3.05, 3.63) is 64.3 Å². The van der Waals surface area contributed by atoms with Gasteiger partial charge in [-0.3, -0.25) is 0 Å². The van der Waals surface area contributed by atoms with Gasteiger partial charge in [-0.15, -0.1) is 0 Å². The van der Waals surface area contributed by atoms with E-state index in [9.17, 15) is 0 Å². The van der Waals surface area contributed by atoms with Gasteiger partial charge in [0.05, 0.1) is 5.52 Å². The summed E-state index contributed by atoms with van der Waals surface area (Å²) in [4.78, 5) is 3.30. The quantitative estimate of drug-likeness (QED) is 0.710. The number of aromatic amines is 1. The number of halogens is 1. The van der Waals surface area contributed by atoms with E-state index in [1.54, 1.807) is 0 Å². The maximum atomic E-state index is 3.52. The molecule has 0 bridgehead atoms. The van der Waals surface area contributed by atoms with Gasteiger partial charge in [0.1, 0.15) is 0 Å². The Hall–Kier alpha value is -1.74. The second kappa shape index (κ2) is 5.10. The van der Waals surface area contributed by atoms with Crippen LogP contribution >= 0.6 is 15.9 Å². The zero-order valence-corrected chi connectivity index (χ0v) is 12.3. The van der Waals surface area contributed by atoms with Gasteiger partial charge < -0.3 is 10.3 Å². The van der Waals surface area contributed by atoms with Crippen molar-refractivity contribution in [3.8, 4) is 0 Å². The first-order chi connectivity index (χ1) is 9.24. The molecular weight excluding hydrogens is 300 g/mol. The van der Waals surface area contributed by atoms with Crippen LogP contribution in [0.15, 0.2) is 53.1 Å². The van der Waals surface area contributed by atoms with Gasteiger partial charge >= 0.3 is 0 Å². The number of fused-ring (bicyclic) bond motifs is 1. The van der Waals surface area contributed by atoms with E-state index in [-0.39, 0.29) is 0 Å². The third kappa shape index (κ3) is 2.51. The normalized spacial score (nSPS) is 10.8. The lowest BCUT2D eigenvalue weighted by molar-refractivity contribution is 1.15. The van der Waals surface area contributed by atoms with E-state index < -0.39 is 0 Å². The molecule has 2 aromatic carbocycles. The molecule has 0 saturated carbocycles. The predicted molar refractivity (Wildman–Crippen MR) is 84.5 cm³/mol. The molecule has 0 aliphatic heterocycles. The maximum absolute atomic E-state index is 3.52. The standard InChI is InChI=1S/C16H15BrN2/c1-11-9-14(5-6-15(11)17)19-10-13-4-2-3-12-7-8-18-16(12)13/h2-9,18-19H,10H2,1H3. The summed E-state index contributed by atoms with van der Waals surface area (Å²) in [5.74, 6) is 0. The molecule has 0 amide bonds. The summed E-state index contributed by atoms with van der Waals surface area (Å²) in [6, 6.07) is 14.8. The Labute approximate surface area is 121 Å². The van der Waals surface area contributed by atoms with Gasteiger partial charge in [-0.2, -0.15) is 0 Å². The molecule has 3 aromatic rings. The SMILES string of the molecule is Cc1cc(NCc2cccc3cc[nH]c23)ccc1Br. The molecule has 0 fully saturated rings. The molecule has 0 spiro atoms. The first-order valence-electron chi connectivity index (χ1n) is 6.29. The van der Waals surface area contributed by atoms with Gasteiger partial charge in [0.2, 0.25) is 0 Å². The molecule has 0 aliphatic carbocycles. The van der Waals surface area contributed by atoms with Gasteiger partial charge in [-0.1, -0.05) is 34.1 Å². The maximum Gasteiger partial charge on any atom is 0.0504 e. The summed E-state index contributed by atoms with van der Waals surface area (Å²) in [6.45, 7) is 2.92. The lowest BCUT2D eigenvalue weighted by Gasteiger charge is -2.09. The first kappa shape index (κ1) is 12.3. The van der Waals surface area contributed by atoms with Crippen LogP contribution in [0.2, 0.25) is 0 Å². The molecule has 96 valence electrons. The average Bonchev–Trinajstić information content (AvgIpc) is 2.89. The molecule has 2 N–H and O–H groups in total. The summed E-state index contributed by atoms with van der Waals surface area (Å²) in [5, 5.41) is 4.73. The number of hydrogen-bond donors (Lipinski definition) is 2. The summed E-state index contributed by atoms with van der Waals surface area (Å²) in [6.07, 6.45) is 1.98. The van der Waals surface area contributed by atoms with Crippen molar-refractivity contribution >= 4 is 32.5 Å². The van der Waals surface area contributed by atoms with Crippen molar-refractivity contribution < 1.29 is 0 Å². The van der Waals surface area contributed by atoms with Crippen LogP contribution in [-0.4, -0.2) is 4.98 Å². The van der Waals surface area contributed by atoms with E-state index in [4.69, 9.17) is 0 Å².